The summed E-state index contributed by atoms with van der Waals surface area (Å²) >= 11 is 3.30. The van der Waals surface area contributed by atoms with Gasteiger partial charge in [0.05, 0.1) is 0 Å². The summed E-state index contributed by atoms with van der Waals surface area (Å²) in [7, 11) is 0. The molecular weight excluding hydrogens is 236 g/mol. The predicted molar refractivity (Wildman–Crippen MR) is 47.6 cm³/mol. The molecule has 0 spiro atoms. The van der Waals surface area contributed by atoms with Crippen molar-refractivity contribution in [3.8, 4) is 17.5 Å². The highest BCUT2D eigenvalue weighted by atomic mass is 79.9. The first-order chi connectivity index (χ1) is 6.25. The Balaban J connectivity index is 2.46. The molecule has 0 amide bonds. The fraction of sp³-hybridized carbons (Fsp3) is 0. The highest BCUT2D eigenvalue weighted by Crippen LogP contribution is 2.23. The fourth-order valence-corrected chi connectivity index (χ4v) is 1.35. The fourth-order valence-electron chi connectivity index (χ4n) is 0.948. The molecule has 2 rings (SSSR count). The Morgan fingerprint density at radius 2 is 2.15 bits per heavy atom. The summed E-state index contributed by atoms with van der Waals surface area (Å²) in [4.78, 5) is 0. The minimum absolute atomic E-state index is 0.242. The van der Waals surface area contributed by atoms with E-state index in [2.05, 4.69) is 26.1 Å². The van der Waals surface area contributed by atoms with Gasteiger partial charge < -0.3 is 4.42 Å². The van der Waals surface area contributed by atoms with Crippen molar-refractivity contribution >= 4 is 15.9 Å². The number of rotatable bonds is 1. The average Bonchev–Trinajstić information content (AvgIpc) is 2.52. The van der Waals surface area contributed by atoms with Crippen LogP contribution in [0, 0.1) is 0 Å². The number of hydrogen-bond donors (Lipinski definition) is 0. The Kier molecular flexibility index (Phi) is 2.02. The van der Waals surface area contributed by atoms with Gasteiger partial charge in [0.2, 0.25) is 0 Å². The van der Waals surface area contributed by atoms with Crippen molar-refractivity contribution in [2.24, 2.45) is 0 Å². The molecule has 0 aliphatic heterocycles. The number of halogens is 1. The van der Waals surface area contributed by atoms with Crippen LogP contribution >= 0.6 is 15.9 Å². The topological polar surface area (TPSA) is 58.8 Å². The summed E-state index contributed by atoms with van der Waals surface area (Å²) in [6.45, 7) is 0. The van der Waals surface area contributed by atoms with Gasteiger partial charge >= 0.3 is 6.08 Å². The van der Waals surface area contributed by atoms with Crippen LogP contribution in [0.2, 0.25) is 0 Å². The standard InChI is InChI=1S/C8H4BrN2O2/c9-6-3-1-2-5(4-6)7-10-11-8(12)13-7/h1-4H. The van der Waals surface area contributed by atoms with Crippen molar-refractivity contribution < 1.29 is 9.52 Å². The first kappa shape index (κ1) is 8.25. The lowest BCUT2D eigenvalue weighted by atomic mass is 10.2. The normalized spacial score (nSPS) is 10.2. The minimum Gasteiger partial charge on any atom is -0.386 e. The van der Waals surface area contributed by atoms with Crippen molar-refractivity contribution in [3.63, 3.8) is 0 Å². The molecule has 65 valence electrons. The van der Waals surface area contributed by atoms with Gasteiger partial charge in [-0.15, -0.1) is 5.10 Å². The molecule has 0 saturated heterocycles. The van der Waals surface area contributed by atoms with Crippen molar-refractivity contribution in [1.29, 1.82) is 0 Å². The van der Waals surface area contributed by atoms with Crippen LogP contribution in [-0.4, -0.2) is 10.2 Å². The summed E-state index contributed by atoms with van der Waals surface area (Å²) in [5, 5.41) is 17.4. The van der Waals surface area contributed by atoms with Crippen LogP contribution in [0.5, 0.6) is 6.08 Å². The second kappa shape index (κ2) is 3.18. The quantitative estimate of drug-likeness (QED) is 0.769. The maximum Gasteiger partial charge on any atom is 0.459 e. The number of hydrogen-bond acceptors (Lipinski definition) is 3. The molecule has 0 aliphatic carbocycles. The van der Waals surface area contributed by atoms with Gasteiger partial charge in [0.25, 0.3) is 5.89 Å². The second-order valence-electron chi connectivity index (χ2n) is 2.38. The molecule has 0 aliphatic rings. The van der Waals surface area contributed by atoms with Crippen LogP contribution in [0.15, 0.2) is 33.2 Å². The first-order valence-electron chi connectivity index (χ1n) is 3.52. The molecule has 4 nitrogen and oxygen atoms in total. The summed E-state index contributed by atoms with van der Waals surface area (Å²) in [6.07, 6.45) is -0.671. The van der Waals surface area contributed by atoms with E-state index in [0.717, 1.165) is 10.0 Å². The Morgan fingerprint density at radius 1 is 1.31 bits per heavy atom. The van der Waals surface area contributed by atoms with Gasteiger partial charge in [0.1, 0.15) is 0 Å². The number of benzene rings is 1. The van der Waals surface area contributed by atoms with Gasteiger partial charge in [0, 0.05) is 10.0 Å². The van der Waals surface area contributed by atoms with E-state index in [1.54, 1.807) is 12.1 Å². The zero-order valence-electron chi connectivity index (χ0n) is 6.40. The Labute approximate surface area is 82.4 Å². The Morgan fingerprint density at radius 3 is 2.77 bits per heavy atom. The van der Waals surface area contributed by atoms with E-state index in [1.807, 2.05) is 12.1 Å². The van der Waals surface area contributed by atoms with E-state index in [-0.39, 0.29) is 5.89 Å². The van der Waals surface area contributed by atoms with Gasteiger partial charge in [-0.05, 0) is 18.2 Å². The lowest BCUT2D eigenvalue weighted by Crippen LogP contribution is -1.76. The molecular formula is C8H4BrN2O2. The van der Waals surface area contributed by atoms with E-state index in [4.69, 9.17) is 4.42 Å². The minimum atomic E-state index is -0.671. The van der Waals surface area contributed by atoms with Crippen molar-refractivity contribution in [2.75, 3.05) is 0 Å². The van der Waals surface area contributed by atoms with E-state index >= 15 is 0 Å². The molecule has 5 heteroatoms. The van der Waals surface area contributed by atoms with Crippen molar-refractivity contribution in [2.45, 2.75) is 0 Å². The molecule has 1 heterocycles. The maximum absolute atomic E-state index is 10.6. The molecule has 1 aromatic heterocycles. The van der Waals surface area contributed by atoms with Gasteiger partial charge in [-0.1, -0.05) is 27.1 Å². The largest absolute Gasteiger partial charge is 0.459 e. The predicted octanol–water partition coefficient (Wildman–Crippen LogP) is 2.64. The molecule has 13 heavy (non-hydrogen) atoms. The lowest BCUT2D eigenvalue weighted by molar-refractivity contribution is 0.239. The van der Waals surface area contributed by atoms with E-state index < -0.39 is 6.08 Å². The molecule has 0 N–H and O–H groups in total. The zero-order chi connectivity index (χ0) is 9.26. The van der Waals surface area contributed by atoms with Gasteiger partial charge in [-0.3, -0.25) is 0 Å². The molecule has 0 saturated carbocycles. The third-order valence-electron chi connectivity index (χ3n) is 1.48. The first-order valence-corrected chi connectivity index (χ1v) is 4.31. The zero-order valence-corrected chi connectivity index (χ0v) is 7.98. The number of aromatic nitrogens is 2. The molecule has 0 unspecified atom stereocenters. The summed E-state index contributed by atoms with van der Waals surface area (Å²) in [5.41, 5.74) is 0.726. The Hall–Kier alpha value is -1.36. The van der Waals surface area contributed by atoms with Crippen LogP contribution in [0.1, 0.15) is 0 Å². The molecule has 0 fully saturated rings. The average molecular weight is 240 g/mol. The molecule has 1 aromatic carbocycles. The third-order valence-corrected chi connectivity index (χ3v) is 1.97. The van der Waals surface area contributed by atoms with Crippen molar-refractivity contribution in [3.05, 3.63) is 28.7 Å². The van der Waals surface area contributed by atoms with Gasteiger partial charge in [0.15, 0.2) is 0 Å². The van der Waals surface area contributed by atoms with E-state index in [9.17, 15) is 5.11 Å². The molecule has 2 aromatic rings. The van der Waals surface area contributed by atoms with Crippen LogP contribution in [0.4, 0.5) is 0 Å². The van der Waals surface area contributed by atoms with Crippen molar-refractivity contribution in [1.82, 2.24) is 10.2 Å². The second-order valence-corrected chi connectivity index (χ2v) is 3.30. The van der Waals surface area contributed by atoms with E-state index in [1.165, 1.54) is 0 Å². The monoisotopic (exact) mass is 239 g/mol. The highest BCUT2D eigenvalue weighted by molar-refractivity contribution is 9.10. The summed E-state index contributed by atoms with van der Waals surface area (Å²) in [6, 6.07) is 7.29. The van der Waals surface area contributed by atoms with Crippen LogP contribution < -0.4 is 0 Å². The van der Waals surface area contributed by atoms with Crippen LogP contribution in [-0.2, 0) is 5.11 Å². The highest BCUT2D eigenvalue weighted by Gasteiger charge is 2.07. The molecule has 1 radical (unpaired) electrons. The van der Waals surface area contributed by atoms with E-state index in [0.29, 0.717) is 0 Å². The maximum atomic E-state index is 10.6. The SMILES string of the molecule is [O]c1nnc(-c2cccc(Br)c2)o1. The van der Waals surface area contributed by atoms with Gasteiger partial charge in [-0.2, -0.15) is 0 Å². The lowest BCUT2D eigenvalue weighted by Gasteiger charge is -1.93. The Bertz CT molecular complexity index is 428. The smallest absolute Gasteiger partial charge is 0.386 e. The number of nitrogens with zero attached hydrogens (tertiary/aromatic N) is 2. The van der Waals surface area contributed by atoms with Crippen LogP contribution in [0.25, 0.3) is 11.5 Å². The molecule has 0 bridgehead atoms. The summed E-state index contributed by atoms with van der Waals surface area (Å²) in [5.74, 6) is 0.242. The third kappa shape index (κ3) is 1.70. The summed E-state index contributed by atoms with van der Waals surface area (Å²) < 4.78 is 5.62. The van der Waals surface area contributed by atoms with Gasteiger partial charge in [-0.25, -0.2) is 5.11 Å². The molecule has 0 atom stereocenters. The van der Waals surface area contributed by atoms with Crippen LogP contribution in [0.3, 0.4) is 0 Å².